The van der Waals surface area contributed by atoms with E-state index in [1.807, 2.05) is 35.8 Å². The second-order valence-electron chi connectivity index (χ2n) is 6.62. The number of carbonyl (C=O) groups is 1. The Kier molecular flexibility index (Phi) is 5.63. The van der Waals surface area contributed by atoms with Crippen LogP contribution in [0, 0.1) is 12.8 Å². The molecule has 0 saturated carbocycles. The highest BCUT2D eigenvalue weighted by molar-refractivity contribution is 5.76. The van der Waals surface area contributed by atoms with E-state index in [1.54, 1.807) is 12.4 Å². The molecule has 3 heterocycles. The number of carbonyl (C=O) groups excluding carboxylic acids is 1. The molecule has 1 unspecified atom stereocenters. The first kappa shape index (κ1) is 17.4. The van der Waals surface area contributed by atoms with Crippen molar-refractivity contribution in [3.63, 3.8) is 0 Å². The van der Waals surface area contributed by atoms with Gasteiger partial charge in [0.15, 0.2) is 0 Å². The van der Waals surface area contributed by atoms with Crippen molar-refractivity contribution in [2.24, 2.45) is 5.92 Å². The van der Waals surface area contributed by atoms with Crippen LogP contribution in [0.1, 0.15) is 30.7 Å². The van der Waals surface area contributed by atoms with Crippen LogP contribution in [0.15, 0.2) is 24.7 Å². The van der Waals surface area contributed by atoms with Crippen molar-refractivity contribution < 1.29 is 4.79 Å². The number of aryl methyl sites for hydroxylation is 2. The van der Waals surface area contributed by atoms with Gasteiger partial charge in [0, 0.05) is 51.7 Å². The topological polar surface area (TPSA) is 75.9 Å². The van der Waals surface area contributed by atoms with Gasteiger partial charge in [-0.1, -0.05) is 0 Å². The van der Waals surface area contributed by atoms with Gasteiger partial charge in [-0.15, -0.1) is 0 Å². The molecule has 2 aromatic heterocycles. The highest BCUT2D eigenvalue weighted by atomic mass is 16.2. The summed E-state index contributed by atoms with van der Waals surface area (Å²) in [4.78, 5) is 23.3. The standard InChI is InChI=1S/C18H26N6O/c1-14-5-10-24(22-14)11-6-17(25)23-9-3-4-15(13-23)12-16-18(19-2)21-8-7-20-16/h5,7-8,10,15H,3-4,6,9,11-13H2,1-2H3,(H,19,21). The summed E-state index contributed by atoms with van der Waals surface area (Å²) in [6, 6.07) is 1.96. The number of nitrogens with one attached hydrogen (secondary N) is 1. The van der Waals surface area contributed by atoms with Gasteiger partial charge < -0.3 is 10.2 Å². The van der Waals surface area contributed by atoms with Gasteiger partial charge in [-0.3, -0.25) is 14.5 Å². The number of anilines is 1. The fourth-order valence-electron chi connectivity index (χ4n) is 3.41. The minimum absolute atomic E-state index is 0.214. The van der Waals surface area contributed by atoms with E-state index in [1.165, 1.54) is 0 Å². The number of hydrogen-bond donors (Lipinski definition) is 1. The summed E-state index contributed by atoms with van der Waals surface area (Å²) in [5, 5.41) is 7.44. The zero-order valence-electron chi connectivity index (χ0n) is 15.0. The maximum Gasteiger partial charge on any atom is 0.224 e. The Morgan fingerprint density at radius 3 is 2.96 bits per heavy atom. The SMILES string of the molecule is CNc1nccnc1CC1CCCN(C(=O)CCn2ccc(C)n2)C1. The van der Waals surface area contributed by atoms with E-state index in [4.69, 9.17) is 0 Å². The van der Waals surface area contributed by atoms with Gasteiger partial charge in [0.1, 0.15) is 5.82 Å². The fraction of sp³-hybridized carbons (Fsp3) is 0.556. The van der Waals surface area contributed by atoms with Crippen molar-refractivity contribution in [2.45, 2.75) is 39.2 Å². The molecule has 1 N–H and O–H groups in total. The minimum atomic E-state index is 0.214. The lowest BCUT2D eigenvalue weighted by molar-refractivity contribution is -0.133. The number of hydrogen-bond acceptors (Lipinski definition) is 5. The van der Waals surface area contributed by atoms with Gasteiger partial charge in [-0.05, 0) is 38.2 Å². The third kappa shape index (κ3) is 4.55. The first-order valence-electron chi connectivity index (χ1n) is 8.91. The number of piperidine rings is 1. The average molecular weight is 342 g/mol. The Morgan fingerprint density at radius 1 is 1.36 bits per heavy atom. The summed E-state index contributed by atoms with van der Waals surface area (Å²) in [7, 11) is 1.86. The summed E-state index contributed by atoms with van der Waals surface area (Å²) in [6.07, 6.45) is 8.88. The van der Waals surface area contributed by atoms with E-state index in [0.29, 0.717) is 18.9 Å². The van der Waals surface area contributed by atoms with Gasteiger partial charge in [-0.25, -0.2) is 4.98 Å². The van der Waals surface area contributed by atoms with Crippen LogP contribution in [0.4, 0.5) is 5.82 Å². The van der Waals surface area contributed by atoms with Crippen molar-refractivity contribution in [1.82, 2.24) is 24.6 Å². The van der Waals surface area contributed by atoms with E-state index in [0.717, 1.165) is 49.6 Å². The number of aromatic nitrogens is 4. The van der Waals surface area contributed by atoms with E-state index in [9.17, 15) is 4.79 Å². The summed E-state index contributed by atoms with van der Waals surface area (Å²) < 4.78 is 1.84. The minimum Gasteiger partial charge on any atom is -0.372 e. The molecule has 0 bridgehead atoms. The fourth-order valence-corrected chi connectivity index (χ4v) is 3.41. The van der Waals surface area contributed by atoms with Crippen molar-refractivity contribution in [2.75, 3.05) is 25.5 Å². The third-order valence-electron chi connectivity index (χ3n) is 4.69. The molecule has 1 aliphatic rings. The zero-order valence-corrected chi connectivity index (χ0v) is 15.0. The van der Waals surface area contributed by atoms with Crippen LogP contribution in [-0.2, 0) is 17.8 Å². The van der Waals surface area contributed by atoms with Crippen molar-refractivity contribution in [1.29, 1.82) is 0 Å². The van der Waals surface area contributed by atoms with Crippen LogP contribution in [0.25, 0.3) is 0 Å². The average Bonchev–Trinajstić information content (AvgIpc) is 3.06. The molecule has 1 saturated heterocycles. The Hall–Kier alpha value is -2.44. The molecule has 2 aromatic rings. The van der Waals surface area contributed by atoms with E-state index in [2.05, 4.69) is 20.4 Å². The molecular weight excluding hydrogens is 316 g/mol. The van der Waals surface area contributed by atoms with Gasteiger partial charge in [0.25, 0.3) is 0 Å². The molecule has 25 heavy (non-hydrogen) atoms. The number of amides is 1. The van der Waals surface area contributed by atoms with Crippen molar-refractivity contribution in [3.05, 3.63) is 36.0 Å². The highest BCUT2D eigenvalue weighted by Crippen LogP contribution is 2.23. The predicted octanol–water partition coefficient (Wildman–Crippen LogP) is 1.89. The molecule has 0 spiro atoms. The number of likely N-dealkylation sites (tertiary alicyclic amines) is 1. The third-order valence-corrected chi connectivity index (χ3v) is 4.69. The van der Waals surface area contributed by atoms with E-state index >= 15 is 0 Å². The normalized spacial score (nSPS) is 17.5. The van der Waals surface area contributed by atoms with Gasteiger partial charge in [0.05, 0.1) is 11.4 Å². The molecule has 3 rings (SSSR count). The lowest BCUT2D eigenvalue weighted by Gasteiger charge is -2.33. The van der Waals surface area contributed by atoms with Crippen LogP contribution in [0.5, 0.6) is 0 Å². The summed E-state index contributed by atoms with van der Waals surface area (Å²) in [5.41, 5.74) is 1.96. The van der Waals surface area contributed by atoms with Crippen LogP contribution < -0.4 is 5.32 Å². The molecule has 1 fully saturated rings. The largest absolute Gasteiger partial charge is 0.372 e. The zero-order chi connectivity index (χ0) is 17.6. The second kappa shape index (κ2) is 8.09. The van der Waals surface area contributed by atoms with E-state index < -0.39 is 0 Å². The first-order chi connectivity index (χ1) is 12.2. The summed E-state index contributed by atoms with van der Waals surface area (Å²) in [5.74, 6) is 1.49. The molecule has 0 aromatic carbocycles. The lowest BCUT2D eigenvalue weighted by Crippen LogP contribution is -2.41. The van der Waals surface area contributed by atoms with Gasteiger partial charge in [0.2, 0.25) is 5.91 Å². The lowest BCUT2D eigenvalue weighted by atomic mass is 9.93. The Balaban J connectivity index is 1.54. The Labute approximate surface area is 148 Å². The molecule has 1 aliphatic heterocycles. The van der Waals surface area contributed by atoms with Crippen LogP contribution in [-0.4, -0.2) is 50.7 Å². The maximum absolute atomic E-state index is 12.5. The molecule has 1 atom stereocenters. The van der Waals surface area contributed by atoms with Crippen LogP contribution in [0.2, 0.25) is 0 Å². The number of rotatable bonds is 6. The molecule has 134 valence electrons. The molecule has 7 nitrogen and oxygen atoms in total. The smallest absolute Gasteiger partial charge is 0.224 e. The van der Waals surface area contributed by atoms with Crippen molar-refractivity contribution in [3.8, 4) is 0 Å². The van der Waals surface area contributed by atoms with Crippen LogP contribution in [0.3, 0.4) is 0 Å². The molecule has 7 heteroatoms. The quantitative estimate of drug-likeness (QED) is 0.868. The van der Waals surface area contributed by atoms with E-state index in [-0.39, 0.29) is 5.91 Å². The number of nitrogens with zero attached hydrogens (tertiary/aromatic N) is 5. The summed E-state index contributed by atoms with van der Waals surface area (Å²) >= 11 is 0. The predicted molar refractivity (Wildman–Crippen MR) is 96.2 cm³/mol. The monoisotopic (exact) mass is 342 g/mol. The molecule has 0 aliphatic carbocycles. The molecule has 0 radical (unpaired) electrons. The maximum atomic E-state index is 12.5. The molecule has 1 amide bonds. The first-order valence-corrected chi connectivity index (χ1v) is 8.91. The summed E-state index contributed by atoms with van der Waals surface area (Å²) in [6.45, 7) is 4.25. The molecular formula is C18H26N6O. The van der Waals surface area contributed by atoms with Gasteiger partial charge in [-0.2, -0.15) is 5.10 Å². The Morgan fingerprint density at radius 2 is 2.20 bits per heavy atom. The van der Waals surface area contributed by atoms with Gasteiger partial charge >= 0.3 is 0 Å². The van der Waals surface area contributed by atoms with Crippen LogP contribution >= 0.6 is 0 Å². The van der Waals surface area contributed by atoms with Crippen molar-refractivity contribution >= 4 is 11.7 Å². The second-order valence-corrected chi connectivity index (χ2v) is 6.62. The Bertz CT molecular complexity index is 713. The highest BCUT2D eigenvalue weighted by Gasteiger charge is 2.24.